The highest BCUT2D eigenvalue weighted by molar-refractivity contribution is 6.04. The molecule has 0 radical (unpaired) electrons. The van der Waals surface area contributed by atoms with E-state index in [1.54, 1.807) is 0 Å². The molecule has 2 unspecified atom stereocenters. The van der Waals surface area contributed by atoms with Gasteiger partial charge in [0.2, 0.25) is 23.1 Å². The van der Waals surface area contributed by atoms with E-state index in [4.69, 9.17) is 9.47 Å². The van der Waals surface area contributed by atoms with Gasteiger partial charge in [0, 0.05) is 36.5 Å². The van der Waals surface area contributed by atoms with Gasteiger partial charge >= 0.3 is 89.5 Å². The zero-order chi connectivity index (χ0) is 54.4. The highest BCUT2D eigenvalue weighted by Crippen LogP contribution is 2.34. The second-order valence-corrected chi connectivity index (χ2v) is 13.2. The lowest BCUT2D eigenvalue weighted by Crippen LogP contribution is -2.66. The quantitative estimate of drug-likeness (QED) is 0.0672. The lowest BCUT2D eigenvalue weighted by atomic mass is 9.88. The number of aliphatic hydroxyl groups is 6. The van der Waals surface area contributed by atoms with E-state index in [9.17, 15) is 103 Å². The van der Waals surface area contributed by atoms with Gasteiger partial charge in [0.25, 0.3) is 0 Å². The average molecular weight is 1050 g/mol. The third-order valence-electron chi connectivity index (χ3n) is 8.01. The molecular weight excluding hydrogens is 1020 g/mol. The van der Waals surface area contributed by atoms with Crippen molar-refractivity contribution in [3.05, 3.63) is 71.5 Å². The third kappa shape index (κ3) is 15.4. The van der Waals surface area contributed by atoms with Gasteiger partial charge < -0.3 is 49.6 Å². The van der Waals surface area contributed by atoms with Crippen molar-refractivity contribution in [3.63, 3.8) is 0 Å². The van der Waals surface area contributed by atoms with Crippen LogP contribution in [0.3, 0.4) is 0 Å². The minimum Gasteiger partial charge on any atom is -0.418 e. The predicted molar refractivity (Wildman–Crippen MR) is 191 cm³/mol. The second kappa shape index (κ2) is 24.2. The van der Waals surface area contributed by atoms with E-state index in [1.165, 1.54) is 0 Å². The molecule has 0 aromatic rings. The summed E-state index contributed by atoms with van der Waals surface area (Å²) in [5.74, 6) is -40.0. The van der Waals surface area contributed by atoms with E-state index in [-0.39, 0.29) is 48.6 Å². The normalized spacial score (nSPS) is 28.4. The molecule has 73 heavy (non-hydrogen) atoms. The van der Waals surface area contributed by atoms with Crippen molar-refractivity contribution in [1.29, 1.82) is 0 Å². The maximum absolute atomic E-state index is 13.8. The first-order chi connectivity index (χ1) is 34.2. The summed E-state index contributed by atoms with van der Waals surface area (Å²) >= 11 is 0. The maximum Gasteiger partial charge on any atom is 0.421 e. The SMILES string of the molecule is O=C1/C=C/C(=O)OOC(=O)/C(OC(=O)CC(O)(CC(=O)O/C2=C(\C3O[C@@](O)(CO)[C@@H](O)[C@H](O)[C@@H]3O)C(=O)OOC(=O)/C=C/C(=O)OOC2=O)C(=O)O/C2=C/C(=O)OOC(=O)/C=C/C(=O)OOC2=O)=C\C(=O)OO1. The van der Waals surface area contributed by atoms with Crippen molar-refractivity contribution in [2.75, 3.05) is 6.61 Å². The fraction of sp³-hybridized carbons (Fsp3) is 0.250. The molecule has 0 aromatic heterocycles. The summed E-state index contributed by atoms with van der Waals surface area (Å²) in [4.78, 5) is 238. The van der Waals surface area contributed by atoms with Crippen molar-refractivity contribution < 1.29 is 180 Å². The Morgan fingerprint density at radius 1 is 0.493 bits per heavy atom. The van der Waals surface area contributed by atoms with E-state index >= 15 is 0 Å². The second-order valence-electron chi connectivity index (χ2n) is 13.2. The van der Waals surface area contributed by atoms with E-state index in [0.717, 1.165) is 0 Å². The van der Waals surface area contributed by atoms with Crippen LogP contribution in [0.4, 0.5) is 0 Å². The zero-order valence-corrected chi connectivity index (χ0v) is 34.9. The van der Waals surface area contributed by atoms with Crippen molar-refractivity contribution >= 4 is 89.5 Å². The number of carbonyl (C=O) groups is 15. The van der Waals surface area contributed by atoms with Crippen LogP contribution in [0.5, 0.6) is 0 Å². The minimum atomic E-state index is -4.19. The molecule has 37 heteroatoms. The van der Waals surface area contributed by atoms with Crippen LogP contribution in [-0.4, -0.2) is 163 Å². The molecular formula is C36H24O37. The summed E-state index contributed by atoms with van der Waals surface area (Å²) in [7, 11) is 0. The lowest BCUT2D eigenvalue weighted by Gasteiger charge is -2.45. The van der Waals surface area contributed by atoms with Crippen molar-refractivity contribution in [3.8, 4) is 0 Å². The lowest BCUT2D eigenvalue weighted by molar-refractivity contribution is -0.349. The number of rotatable bonds is 10. The molecule has 1 fully saturated rings. The van der Waals surface area contributed by atoms with Crippen LogP contribution < -0.4 is 0 Å². The summed E-state index contributed by atoms with van der Waals surface area (Å²) in [6.45, 7) is -1.75. The highest BCUT2D eigenvalue weighted by Gasteiger charge is 2.56. The van der Waals surface area contributed by atoms with Gasteiger partial charge in [-0.1, -0.05) is 0 Å². The summed E-state index contributed by atoms with van der Waals surface area (Å²) in [6, 6.07) is 0. The Bertz CT molecular complexity index is 2590. The van der Waals surface area contributed by atoms with Crippen LogP contribution in [0.15, 0.2) is 71.5 Å². The molecule has 37 nitrogen and oxygen atoms in total. The number of ether oxygens (including phenoxy) is 4. The molecule has 0 saturated carbocycles. The molecule has 6 atom stereocenters. The molecule has 390 valence electrons. The average Bonchev–Trinajstić information content (AvgIpc) is 3.33. The molecule has 0 aromatic carbocycles. The van der Waals surface area contributed by atoms with Gasteiger partial charge in [-0.15, -0.1) is 0 Å². The topological polar surface area (TPSA) is 525 Å². The van der Waals surface area contributed by atoms with Gasteiger partial charge in [-0.25, -0.2) is 121 Å². The van der Waals surface area contributed by atoms with Gasteiger partial charge in [-0.05, 0) is 0 Å². The standard InChI is InChI=1S/C36H24O37/c37-11-36(57)29(50)26(49)25(48)27(61-36)24-28(33(54)73-67-19(43)6-5-18(42)66-72-32(24)53)60-23(47)10-35(56,34(55)59-13-8-21(45)69-63-15(39)2-4-17(41)65-71-31(13)52)9-22(46)58-12-7-20(44)68-62-14(38)1-3-16(40)64-70-30(12)51/h1-8,25-27,29,37,48-50,56-57H,9-11H2/b3-1+,4-2+,6-5+,12-7+,13-8+,28-24+/t25-,26+,27?,29-,35?,36-/m0/s1. The fourth-order valence-corrected chi connectivity index (χ4v) is 4.83. The molecule has 0 aliphatic carbocycles. The largest absolute Gasteiger partial charge is 0.421 e. The molecule has 1 saturated heterocycles. The van der Waals surface area contributed by atoms with Gasteiger partial charge in [0.1, 0.15) is 30.0 Å². The molecule has 4 aliphatic rings. The zero-order valence-electron chi connectivity index (χ0n) is 34.9. The van der Waals surface area contributed by atoms with E-state index < -0.39 is 168 Å². The Labute approximate surface area is 396 Å². The van der Waals surface area contributed by atoms with Crippen LogP contribution in [-0.2, 0) is 150 Å². The number of hydrogen-bond acceptors (Lipinski definition) is 37. The Kier molecular flexibility index (Phi) is 18.5. The fourth-order valence-electron chi connectivity index (χ4n) is 4.83. The number of carbonyl (C=O) groups excluding carboxylic acids is 15. The van der Waals surface area contributed by atoms with Gasteiger partial charge in [0.05, 0.1) is 31.6 Å². The minimum absolute atomic E-state index is 0.152. The van der Waals surface area contributed by atoms with Crippen LogP contribution >= 0.6 is 0 Å². The molecule has 4 rings (SSSR count). The molecule has 4 aliphatic heterocycles. The monoisotopic (exact) mass is 1050 g/mol. The molecule has 6 N–H and O–H groups in total. The molecule has 0 amide bonds. The van der Waals surface area contributed by atoms with Gasteiger partial charge in [0.15, 0.2) is 5.60 Å². The Morgan fingerprint density at radius 3 is 1.27 bits per heavy atom. The third-order valence-corrected chi connectivity index (χ3v) is 8.01. The predicted octanol–water partition coefficient (Wildman–Crippen LogP) is -7.97. The van der Waals surface area contributed by atoms with E-state index in [2.05, 4.69) is 68.1 Å². The Balaban J connectivity index is 1.85. The van der Waals surface area contributed by atoms with Crippen LogP contribution in [0.2, 0.25) is 0 Å². The number of hydrogen-bond donors (Lipinski definition) is 6. The van der Waals surface area contributed by atoms with Crippen LogP contribution in [0.1, 0.15) is 12.8 Å². The van der Waals surface area contributed by atoms with E-state index in [0.29, 0.717) is 0 Å². The summed E-state index contributed by atoms with van der Waals surface area (Å²) in [5, 5.41) is 63.7. The smallest absolute Gasteiger partial charge is 0.418 e. The Hall–Kier alpha value is -9.79. The molecule has 0 bridgehead atoms. The van der Waals surface area contributed by atoms with Crippen molar-refractivity contribution in [1.82, 2.24) is 0 Å². The van der Waals surface area contributed by atoms with Crippen LogP contribution in [0, 0.1) is 0 Å². The van der Waals surface area contributed by atoms with Gasteiger partial charge in [-0.2, -0.15) is 0 Å². The summed E-state index contributed by atoms with van der Waals surface area (Å²) in [5.41, 5.74) is -6.14. The first kappa shape index (κ1) is 55.8. The van der Waals surface area contributed by atoms with Crippen LogP contribution in [0.25, 0.3) is 0 Å². The van der Waals surface area contributed by atoms with Crippen molar-refractivity contribution in [2.45, 2.75) is 48.6 Å². The van der Waals surface area contributed by atoms with Gasteiger partial charge in [-0.3, -0.25) is 9.59 Å². The van der Waals surface area contributed by atoms with E-state index in [1.807, 2.05) is 0 Å². The summed E-state index contributed by atoms with van der Waals surface area (Å²) in [6.07, 6.45) is -15.0. The molecule has 0 spiro atoms. The number of esters is 3. The first-order valence-corrected chi connectivity index (χ1v) is 18.4. The Morgan fingerprint density at radius 2 is 0.849 bits per heavy atom. The van der Waals surface area contributed by atoms with Crippen molar-refractivity contribution in [2.24, 2.45) is 0 Å². The molecule has 4 heterocycles. The number of aliphatic hydroxyl groups excluding tert-OH is 4. The maximum atomic E-state index is 13.8. The first-order valence-electron chi connectivity index (χ1n) is 18.4. The highest BCUT2D eigenvalue weighted by atomic mass is 17.2. The summed E-state index contributed by atoms with van der Waals surface area (Å²) < 4.78 is 18.8.